The molecule has 3 rings (SSSR count). The van der Waals surface area contributed by atoms with Crippen LogP contribution in [0.4, 0.5) is 0 Å². The summed E-state index contributed by atoms with van der Waals surface area (Å²) < 4.78 is 5.70. The zero-order valence-electron chi connectivity index (χ0n) is 12.9. The number of benzene rings is 1. The molecule has 5 heteroatoms. The highest BCUT2D eigenvalue weighted by Gasteiger charge is 2.40. The monoisotopic (exact) mass is 307 g/mol. The summed E-state index contributed by atoms with van der Waals surface area (Å²) in [7, 11) is 2.17. The number of esters is 1. The number of aliphatic hydroxyl groups excluding tert-OH is 1. The molecule has 5 nitrogen and oxygen atoms in total. The summed E-state index contributed by atoms with van der Waals surface area (Å²) in [6.45, 7) is -0.206. The molecule has 0 radical (unpaired) electrons. The average Bonchev–Trinajstić information content (AvgIpc) is 2.72. The molecule has 0 aromatic heterocycles. The van der Waals surface area contributed by atoms with E-state index in [0.717, 1.165) is 18.4 Å². The van der Waals surface area contributed by atoms with Crippen LogP contribution in [0.25, 0.3) is 0 Å². The molecule has 2 bridgehead atoms. The molecule has 3 atom stereocenters. The second kappa shape index (κ2) is 7.22. The molecule has 1 aromatic rings. The summed E-state index contributed by atoms with van der Waals surface area (Å²) in [6.07, 6.45) is 4.26. The van der Waals surface area contributed by atoms with Gasteiger partial charge < -0.3 is 20.2 Å². The number of aliphatic hydroxyl groups is 1. The van der Waals surface area contributed by atoms with Gasteiger partial charge in [-0.1, -0.05) is 30.3 Å². The molecular weight excluding hydrogens is 282 g/mol. The minimum Gasteiger partial charge on any atom is -0.462 e. The Kier molecular flexibility index (Phi) is 5.56. The molecule has 0 saturated carbocycles. The first-order valence-corrected chi connectivity index (χ1v) is 7.77. The average molecular weight is 307 g/mol. The van der Waals surface area contributed by atoms with E-state index in [1.807, 2.05) is 30.3 Å². The van der Waals surface area contributed by atoms with Gasteiger partial charge in [-0.3, -0.25) is 4.79 Å². The van der Waals surface area contributed by atoms with Crippen LogP contribution in [0.1, 0.15) is 37.2 Å². The molecule has 122 valence electrons. The van der Waals surface area contributed by atoms with Crippen LogP contribution in [0.3, 0.4) is 0 Å². The molecule has 2 saturated heterocycles. The number of carbonyl (C=O) groups excluding carboxylic acids is 1. The summed E-state index contributed by atoms with van der Waals surface area (Å²) in [4.78, 5) is 14.8. The minimum atomic E-state index is -0.566. The number of hydrogen-bond acceptors (Lipinski definition) is 4. The Balaban J connectivity index is 0.00000176. The quantitative estimate of drug-likeness (QED) is 0.845. The zero-order valence-corrected chi connectivity index (χ0v) is 12.9. The Hall–Kier alpha value is -1.43. The Morgan fingerprint density at radius 2 is 1.86 bits per heavy atom. The first-order chi connectivity index (χ1) is 10.2. The topological polar surface area (TPSA) is 81.3 Å². The lowest BCUT2D eigenvalue weighted by Gasteiger charge is -2.36. The van der Waals surface area contributed by atoms with E-state index in [2.05, 4.69) is 11.9 Å². The fourth-order valence-corrected chi connectivity index (χ4v) is 3.71. The van der Waals surface area contributed by atoms with Crippen LogP contribution in [-0.4, -0.2) is 53.3 Å². The lowest BCUT2D eigenvalue weighted by atomic mass is 9.98. The fourth-order valence-electron chi connectivity index (χ4n) is 3.71. The SMILES string of the molecule is CN1C2CCC1CC(OC(=O)C(CO)c1ccccc1)C2.O. The summed E-state index contributed by atoms with van der Waals surface area (Å²) in [5.41, 5.74) is 0.820. The third-order valence-corrected chi connectivity index (χ3v) is 5.01. The van der Waals surface area contributed by atoms with Crippen LogP contribution in [0.2, 0.25) is 0 Å². The van der Waals surface area contributed by atoms with Crippen molar-refractivity contribution in [3.63, 3.8) is 0 Å². The lowest BCUT2D eigenvalue weighted by Crippen LogP contribution is -2.43. The van der Waals surface area contributed by atoms with Crippen molar-refractivity contribution in [3.05, 3.63) is 35.9 Å². The van der Waals surface area contributed by atoms with Gasteiger partial charge in [0, 0.05) is 12.1 Å². The molecule has 3 unspecified atom stereocenters. The first-order valence-electron chi connectivity index (χ1n) is 7.77. The van der Waals surface area contributed by atoms with E-state index >= 15 is 0 Å². The van der Waals surface area contributed by atoms with Crippen LogP contribution in [-0.2, 0) is 9.53 Å². The molecule has 0 amide bonds. The van der Waals surface area contributed by atoms with Crippen molar-refractivity contribution in [2.75, 3.05) is 13.7 Å². The van der Waals surface area contributed by atoms with Crippen LogP contribution in [0, 0.1) is 0 Å². The summed E-state index contributed by atoms with van der Waals surface area (Å²) >= 11 is 0. The van der Waals surface area contributed by atoms with E-state index in [9.17, 15) is 9.90 Å². The largest absolute Gasteiger partial charge is 0.462 e. The number of fused-ring (bicyclic) bond motifs is 2. The van der Waals surface area contributed by atoms with Gasteiger partial charge in [0.15, 0.2) is 0 Å². The second-order valence-corrected chi connectivity index (χ2v) is 6.23. The maximum absolute atomic E-state index is 12.4. The van der Waals surface area contributed by atoms with Gasteiger partial charge in [0.2, 0.25) is 0 Å². The molecule has 2 aliphatic heterocycles. The molecule has 0 aliphatic carbocycles. The number of rotatable bonds is 4. The Labute approximate surface area is 131 Å². The highest BCUT2D eigenvalue weighted by atomic mass is 16.5. The van der Waals surface area contributed by atoms with E-state index in [-0.39, 0.29) is 24.2 Å². The molecule has 3 N–H and O–H groups in total. The van der Waals surface area contributed by atoms with E-state index < -0.39 is 5.92 Å². The van der Waals surface area contributed by atoms with Crippen molar-refractivity contribution in [2.24, 2.45) is 0 Å². The maximum atomic E-state index is 12.4. The second-order valence-electron chi connectivity index (χ2n) is 6.23. The van der Waals surface area contributed by atoms with E-state index in [0.29, 0.717) is 12.1 Å². The Morgan fingerprint density at radius 3 is 2.41 bits per heavy atom. The molecular formula is C17H25NO4. The van der Waals surface area contributed by atoms with Crippen molar-refractivity contribution in [3.8, 4) is 0 Å². The molecule has 2 heterocycles. The van der Waals surface area contributed by atoms with Gasteiger partial charge in [-0.15, -0.1) is 0 Å². The number of hydrogen-bond donors (Lipinski definition) is 1. The molecule has 2 aliphatic rings. The van der Waals surface area contributed by atoms with Gasteiger partial charge >= 0.3 is 5.97 Å². The summed E-state index contributed by atoms with van der Waals surface area (Å²) in [5.74, 6) is -0.860. The molecule has 0 spiro atoms. The minimum absolute atomic E-state index is 0. The number of piperidine rings is 1. The molecule has 2 fully saturated rings. The number of carbonyl (C=O) groups is 1. The maximum Gasteiger partial charge on any atom is 0.316 e. The van der Waals surface area contributed by atoms with Gasteiger partial charge in [0.1, 0.15) is 12.0 Å². The third-order valence-electron chi connectivity index (χ3n) is 5.01. The van der Waals surface area contributed by atoms with Gasteiger partial charge in [0.25, 0.3) is 0 Å². The predicted octanol–water partition coefficient (Wildman–Crippen LogP) is 1.11. The predicted molar refractivity (Wildman–Crippen MR) is 83.6 cm³/mol. The Bertz CT molecular complexity index is 479. The van der Waals surface area contributed by atoms with Crippen LogP contribution in [0.15, 0.2) is 30.3 Å². The van der Waals surface area contributed by atoms with Crippen molar-refractivity contribution < 1.29 is 20.1 Å². The van der Waals surface area contributed by atoms with E-state index in [1.54, 1.807) is 0 Å². The summed E-state index contributed by atoms with van der Waals surface area (Å²) in [6, 6.07) is 10.5. The zero-order chi connectivity index (χ0) is 14.8. The first kappa shape index (κ1) is 16.9. The fraction of sp³-hybridized carbons (Fsp3) is 0.588. The van der Waals surface area contributed by atoms with Gasteiger partial charge in [-0.05, 0) is 38.3 Å². The van der Waals surface area contributed by atoms with Crippen molar-refractivity contribution in [1.82, 2.24) is 4.90 Å². The van der Waals surface area contributed by atoms with Gasteiger partial charge in [-0.25, -0.2) is 0 Å². The normalized spacial score (nSPS) is 28.7. The van der Waals surface area contributed by atoms with Crippen molar-refractivity contribution >= 4 is 5.97 Å². The van der Waals surface area contributed by atoms with Gasteiger partial charge in [0.05, 0.1) is 6.61 Å². The van der Waals surface area contributed by atoms with E-state index in [4.69, 9.17) is 4.74 Å². The van der Waals surface area contributed by atoms with Crippen LogP contribution in [0.5, 0.6) is 0 Å². The van der Waals surface area contributed by atoms with Gasteiger partial charge in [-0.2, -0.15) is 0 Å². The highest BCUT2D eigenvalue weighted by molar-refractivity contribution is 5.78. The van der Waals surface area contributed by atoms with Crippen molar-refractivity contribution in [1.29, 1.82) is 0 Å². The van der Waals surface area contributed by atoms with E-state index in [1.165, 1.54) is 12.8 Å². The molecule has 1 aromatic carbocycles. The van der Waals surface area contributed by atoms with Crippen molar-refractivity contribution in [2.45, 2.75) is 49.8 Å². The summed E-state index contributed by atoms with van der Waals surface area (Å²) in [5, 5.41) is 9.53. The lowest BCUT2D eigenvalue weighted by molar-refractivity contribution is -0.155. The number of ether oxygens (including phenoxy) is 1. The highest BCUT2D eigenvalue weighted by Crippen LogP contribution is 2.36. The Morgan fingerprint density at radius 1 is 1.27 bits per heavy atom. The number of nitrogens with zero attached hydrogens (tertiary/aromatic N) is 1. The van der Waals surface area contributed by atoms with Crippen LogP contribution < -0.4 is 0 Å². The molecule has 22 heavy (non-hydrogen) atoms. The third kappa shape index (κ3) is 3.32. The van der Waals surface area contributed by atoms with Crippen LogP contribution >= 0.6 is 0 Å². The standard InChI is InChI=1S/C17H23NO3.H2O/c1-18-13-7-8-14(18)10-15(9-13)21-17(20)16(11-19)12-5-3-2-4-6-12;/h2-6,13-16,19H,7-11H2,1H3;1H2. The smallest absolute Gasteiger partial charge is 0.316 e.